The van der Waals surface area contributed by atoms with E-state index in [4.69, 9.17) is 19.4 Å². The lowest BCUT2D eigenvalue weighted by atomic mass is 10.0. The predicted octanol–water partition coefficient (Wildman–Crippen LogP) is 2.72. The molecule has 2 aromatic rings. The molecule has 180 valence electrons. The van der Waals surface area contributed by atoms with Gasteiger partial charge in [-0.1, -0.05) is 6.07 Å². The fourth-order valence-electron chi connectivity index (χ4n) is 3.50. The summed E-state index contributed by atoms with van der Waals surface area (Å²) in [6, 6.07) is 10.0. The van der Waals surface area contributed by atoms with Crippen LogP contribution in [0.2, 0.25) is 0 Å². The summed E-state index contributed by atoms with van der Waals surface area (Å²) < 4.78 is 43.6. The van der Waals surface area contributed by atoms with Gasteiger partial charge in [-0.2, -0.15) is 13.2 Å². The van der Waals surface area contributed by atoms with Gasteiger partial charge in [0.15, 0.2) is 0 Å². The molecule has 0 radical (unpaired) electrons. The van der Waals surface area contributed by atoms with Crippen LogP contribution in [0.25, 0.3) is 0 Å². The summed E-state index contributed by atoms with van der Waals surface area (Å²) in [5, 5.41) is 8.11. The number of alkyl halides is 3. The first-order valence-electron chi connectivity index (χ1n) is 10.1. The Labute approximate surface area is 192 Å². The van der Waals surface area contributed by atoms with Crippen LogP contribution >= 0.6 is 11.3 Å². The number of amides is 1. The average Bonchev–Trinajstić information content (AvgIpc) is 3.10. The summed E-state index contributed by atoms with van der Waals surface area (Å²) >= 11 is 1.64. The van der Waals surface area contributed by atoms with Crippen LogP contribution in [0.15, 0.2) is 36.5 Å². The largest absolute Gasteiger partial charge is 0.490 e. The molecule has 0 bridgehead atoms. The van der Waals surface area contributed by atoms with E-state index in [9.17, 15) is 18.0 Å². The van der Waals surface area contributed by atoms with E-state index in [1.165, 1.54) is 4.88 Å². The molecule has 2 aliphatic rings. The van der Waals surface area contributed by atoms with Crippen molar-refractivity contribution in [3.63, 3.8) is 0 Å². The van der Waals surface area contributed by atoms with Crippen LogP contribution in [0.5, 0.6) is 0 Å². The van der Waals surface area contributed by atoms with Gasteiger partial charge in [0, 0.05) is 30.7 Å². The zero-order valence-corrected chi connectivity index (χ0v) is 18.7. The predicted molar refractivity (Wildman–Crippen MR) is 114 cm³/mol. The number of morpholine rings is 1. The molecule has 0 saturated carbocycles. The highest BCUT2D eigenvalue weighted by Crippen LogP contribution is 2.31. The molecule has 0 aromatic carbocycles. The Morgan fingerprint density at radius 1 is 1.27 bits per heavy atom. The monoisotopic (exact) mass is 487 g/mol. The highest BCUT2D eigenvalue weighted by molar-refractivity contribution is 7.16. The number of carbonyl (C=O) groups excluding carboxylic acids is 1. The molecular weight excluding hydrogens is 463 g/mol. The molecule has 0 aliphatic carbocycles. The van der Waals surface area contributed by atoms with Gasteiger partial charge >= 0.3 is 12.1 Å². The van der Waals surface area contributed by atoms with E-state index >= 15 is 0 Å². The van der Waals surface area contributed by atoms with Crippen LogP contribution in [0.1, 0.15) is 10.6 Å². The number of anilines is 1. The van der Waals surface area contributed by atoms with Crippen molar-refractivity contribution in [2.24, 2.45) is 0 Å². The van der Waals surface area contributed by atoms with Gasteiger partial charge in [0.1, 0.15) is 12.2 Å². The minimum absolute atomic E-state index is 0.0120. The quantitative estimate of drug-likeness (QED) is 0.712. The first-order valence-corrected chi connectivity index (χ1v) is 10.9. The minimum Gasteiger partial charge on any atom is -0.475 e. The number of carboxylic acids is 1. The molecule has 2 aromatic heterocycles. The summed E-state index contributed by atoms with van der Waals surface area (Å²) in [4.78, 5) is 31.1. The van der Waals surface area contributed by atoms with Gasteiger partial charge in [0.05, 0.1) is 30.5 Å². The lowest BCUT2D eigenvalue weighted by Gasteiger charge is -2.42. The van der Waals surface area contributed by atoms with Crippen LogP contribution in [-0.2, 0) is 25.6 Å². The molecule has 1 amide bonds. The number of nitrogens with zero attached hydrogens (tertiary/aromatic N) is 3. The first kappa shape index (κ1) is 25.1. The SMILES string of the molecule is Cc1ccc(N2CC3(COCCN(Cc4ccccn4)C3)OCC2=O)s1.O=C(O)C(F)(F)F. The van der Waals surface area contributed by atoms with Crippen molar-refractivity contribution in [1.29, 1.82) is 0 Å². The maximum Gasteiger partial charge on any atom is 0.490 e. The van der Waals surface area contributed by atoms with Crippen molar-refractivity contribution < 1.29 is 37.3 Å². The van der Waals surface area contributed by atoms with Crippen LogP contribution in [-0.4, -0.2) is 78.1 Å². The van der Waals surface area contributed by atoms with E-state index in [1.54, 1.807) is 11.3 Å². The second-order valence-electron chi connectivity index (χ2n) is 7.72. The van der Waals surface area contributed by atoms with Crippen LogP contribution in [0.3, 0.4) is 0 Å². The van der Waals surface area contributed by atoms with Crippen molar-refractivity contribution in [3.05, 3.63) is 47.1 Å². The highest BCUT2D eigenvalue weighted by Gasteiger charge is 2.43. The molecule has 4 heterocycles. The molecule has 4 rings (SSSR count). The Bertz CT molecular complexity index is 956. The summed E-state index contributed by atoms with van der Waals surface area (Å²) in [6.07, 6.45) is -3.27. The minimum atomic E-state index is -5.08. The Hall–Kier alpha value is -2.54. The van der Waals surface area contributed by atoms with E-state index in [2.05, 4.69) is 16.8 Å². The van der Waals surface area contributed by atoms with Gasteiger partial charge in [-0.15, -0.1) is 11.3 Å². The Morgan fingerprint density at radius 2 is 2.03 bits per heavy atom. The fourth-order valence-corrected chi connectivity index (χ4v) is 4.38. The number of hydrogen-bond donors (Lipinski definition) is 1. The topological polar surface area (TPSA) is 92.2 Å². The number of carbonyl (C=O) groups is 2. The number of carboxylic acid groups (broad SMARTS) is 1. The lowest BCUT2D eigenvalue weighted by Crippen LogP contribution is -2.60. The zero-order chi connectivity index (χ0) is 24.1. The maximum absolute atomic E-state index is 12.4. The molecule has 12 heteroatoms. The molecule has 2 fully saturated rings. The number of ether oxygens (including phenoxy) is 2. The van der Waals surface area contributed by atoms with Crippen LogP contribution < -0.4 is 4.90 Å². The molecule has 2 saturated heterocycles. The number of aryl methyl sites for hydroxylation is 1. The lowest BCUT2D eigenvalue weighted by molar-refractivity contribution is -0.192. The van der Waals surface area contributed by atoms with Gasteiger partial charge in [0.2, 0.25) is 0 Å². The number of rotatable bonds is 3. The molecule has 1 unspecified atom stereocenters. The molecule has 8 nitrogen and oxygen atoms in total. The third kappa shape index (κ3) is 6.97. The number of pyridine rings is 1. The molecule has 1 N–H and O–H groups in total. The molecular formula is C21H24F3N3O5S. The van der Waals surface area contributed by atoms with Crippen molar-refractivity contribution in [1.82, 2.24) is 9.88 Å². The smallest absolute Gasteiger partial charge is 0.475 e. The summed E-state index contributed by atoms with van der Waals surface area (Å²) in [5.74, 6) is -2.74. The van der Waals surface area contributed by atoms with Gasteiger partial charge in [0.25, 0.3) is 5.91 Å². The van der Waals surface area contributed by atoms with E-state index in [0.29, 0.717) is 19.8 Å². The normalized spacial score (nSPS) is 21.9. The Kier molecular flexibility index (Phi) is 8.05. The van der Waals surface area contributed by atoms with Gasteiger partial charge in [-0.05, 0) is 31.2 Å². The second kappa shape index (κ2) is 10.6. The molecule has 1 spiro atoms. The van der Waals surface area contributed by atoms with Crippen LogP contribution in [0.4, 0.5) is 18.2 Å². The second-order valence-corrected chi connectivity index (χ2v) is 8.99. The highest BCUT2D eigenvalue weighted by atomic mass is 32.1. The van der Waals surface area contributed by atoms with E-state index in [-0.39, 0.29) is 12.5 Å². The maximum atomic E-state index is 12.4. The third-order valence-electron chi connectivity index (χ3n) is 5.02. The van der Waals surface area contributed by atoms with E-state index in [1.807, 2.05) is 41.4 Å². The van der Waals surface area contributed by atoms with E-state index < -0.39 is 17.7 Å². The van der Waals surface area contributed by atoms with Gasteiger partial charge < -0.3 is 14.6 Å². The van der Waals surface area contributed by atoms with Gasteiger partial charge in [-0.25, -0.2) is 4.79 Å². The Morgan fingerprint density at radius 3 is 2.64 bits per heavy atom. The zero-order valence-electron chi connectivity index (χ0n) is 17.9. The van der Waals surface area contributed by atoms with Crippen LogP contribution in [0, 0.1) is 6.92 Å². The summed E-state index contributed by atoms with van der Waals surface area (Å²) in [6.45, 7) is 6.12. The van der Waals surface area contributed by atoms with Gasteiger partial charge in [-0.3, -0.25) is 19.6 Å². The van der Waals surface area contributed by atoms with Crippen molar-refractivity contribution in [2.45, 2.75) is 25.2 Å². The van der Waals surface area contributed by atoms with E-state index in [0.717, 1.165) is 30.3 Å². The van der Waals surface area contributed by atoms with Crippen molar-refractivity contribution >= 4 is 28.2 Å². The third-order valence-corrected chi connectivity index (χ3v) is 6.05. The number of thiophene rings is 1. The van der Waals surface area contributed by atoms with Crippen molar-refractivity contribution in [3.8, 4) is 0 Å². The number of aromatic nitrogens is 1. The molecule has 33 heavy (non-hydrogen) atoms. The molecule has 2 aliphatic heterocycles. The first-order chi connectivity index (χ1) is 15.6. The van der Waals surface area contributed by atoms with Crippen molar-refractivity contribution in [2.75, 3.05) is 44.4 Å². The average molecular weight is 488 g/mol. The summed E-state index contributed by atoms with van der Waals surface area (Å²) in [7, 11) is 0. The molecule has 1 atom stereocenters. The Balaban J connectivity index is 0.000000383. The standard InChI is InChI=1S/C19H23N3O3S.C2HF3O2/c1-15-5-6-18(26-15)22-13-19(25-11-17(22)23)12-21(8-9-24-14-19)10-16-4-2-3-7-20-16;3-2(4,5)1(6)7/h2-7H,8-14H2,1H3;(H,6,7). The number of hydrogen-bond acceptors (Lipinski definition) is 7. The summed E-state index contributed by atoms with van der Waals surface area (Å²) in [5.41, 5.74) is 0.527. The number of aliphatic carboxylic acids is 1. The fraction of sp³-hybridized carbons (Fsp3) is 0.476. The number of halogens is 3.